The molecule has 0 saturated heterocycles. The summed E-state index contributed by atoms with van der Waals surface area (Å²) in [6, 6.07) is 8.18. The first-order chi connectivity index (χ1) is 10.5. The van der Waals surface area contributed by atoms with E-state index in [9.17, 15) is 4.79 Å². The third-order valence-corrected chi connectivity index (χ3v) is 4.66. The van der Waals surface area contributed by atoms with Gasteiger partial charge in [-0.25, -0.2) is 4.98 Å². The predicted octanol–water partition coefficient (Wildman–Crippen LogP) is 3.84. The van der Waals surface area contributed by atoms with E-state index in [2.05, 4.69) is 40.8 Å². The van der Waals surface area contributed by atoms with Gasteiger partial charge in [0.05, 0.1) is 5.69 Å². The van der Waals surface area contributed by atoms with Crippen molar-refractivity contribution in [2.45, 2.75) is 33.7 Å². The van der Waals surface area contributed by atoms with Crippen LogP contribution in [0.5, 0.6) is 0 Å². The first-order valence-electron chi connectivity index (χ1n) is 7.32. The molecule has 5 heteroatoms. The molecule has 4 nitrogen and oxygen atoms in total. The fourth-order valence-corrected chi connectivity index (χ4v) is 3.68. The molecule has 0 saturated carbocycles. The van der Waals surface area contributed by atoms with Gasteiger partial charge in [0.15, 0.2) is 0 Å². The van der Waals surface area contributed by atoms with E-state index in [0.29, 0.717) is 4.88 Å². The van der Waals surface area contributed by atoms with E-state index in [1.807, 2.05) is 26.0 Å². The number of amides is 1. The zero-order valence-corrected chi connectivity index (χ0v) is 14.0. The smallest absolute Gasteiger partial charge is 0.263 e. The number of fused-ring (bicyclic) bond motifs is 1. The number of nitrogens with one attached hydrogen (secondary N) is 1. The lowest BCUT2D eigenvalue weighted by atomic mass is 10.2. The Kier molecular flexibility index (Phi) is 3.74. The summed E-state index contributed by atoms with van der Waals surface area (Å²) in [6.45, 7) is 8.04. The van der Waals surface area contributed by atoms with Gasteiger partial charge in [0.1, 0.15) is 9.71 Å². The standard InChI is InChI=1S/C17H19N3OS/c1-10(2)19-16(21)15-14(20-11(3)7-8-12(20)4)13-6-5-9-18-17(13)22-15/h5-10H,1-4H3,(H,19,21). The molecule has 0 fully saturated rings. The maximum atomic E-state index is 12.6. The molecule has 22 heavy (non-hydrogen) atoms. The molecule has 0 unspecified atom stereocenters. The monoisotopic (exact) mass is 313 g/mol. The Hall–Kier alpha value is -2.14. The molecule has 114 valence electrons. The Labute approximate surface area is 133 Å². The van der Waals surface area contributed by atoms with Crippen LogP contribution in [-0.2, 0) is 0 Å². The number of hydrogen-bond acceptors (Lipinski definition) is 3. The van der Waals surface area contributed by atoms with Crippen molar-refractivity contribution in [1.29, 1.82) is 0 Å². The number of carbonyl (C=O) groups excluding carboxylic acids is 1. The number of nitrogens with zero attached hydrogens (tertiary/aromatic N) is 2. The molecule has 0 aliphatic heterocycles. The minimum atomic E-state index is -0.0412. The Balaban J connectivity index is 2.29. The highest BCUT2D eigenvalue weighted by Crippen LogP contribution is 2.34. The molecule has 3 heterocycles. The van der Waals surface area contributed by atoms with E-state index < -0.39 is 0 Å². The largest absolute Gasteiger partial charge is 0.349 e. The Bertz CT molecular complexity index is 825. The van der Waals surface area contributed by atoms with E-state index in [4.69, 9.17) is 0 Å². The summed E-state index contributed by atoms with van der Waals surface area (Å²) in [5.41, 5.74) is 3.16. The molecule has 0 aliphatic carbocycles. The number of aryl methyl sites for hydroxylation is 2. The zero-order valence-electron chi connectivity index (χ0n) is 13.2. The molecule has 3 aromatic heterocycles. The van der Waals surface area contributed by atoms with Crippen LogP contribution in [0.3, 0.4) is 0 Å². The van der Waals surface area contributed by atoms with Gasteiger partial charge in [-0.15, -0.1) is 11.3 Å². The maximum Gasteiger partial charge on any atom is 0.263 e. The number of pyridine rings is 1. The van der Waals surface area contributed by atoms with Crippen molar-refractivity contribution in [3.63, 3.8) is 0 Å². The lowest BCUT2D eigenvalue weighted by Gasteiger charge is -2.13. The summed E-state index contributed by atoms with van der Waals surface area (Å²) in [5.74, 6) is -0.0412. The summed E-state index contributed by atoms with van der Waals surface area (Å²) < 4.78 is 2.13. The van der Waals surface area contributed by atoms with Gasteiger partial charge in [-0.2, -0.15) is 0 Å². The van der Waals surface area contributed by atoms with Crippen molar-refractivity contribution in [2.24, 2.45) is 0 Å². The molecule has 1 amide bonds. The van der Waals surface area contributed by atoms with Crippen LogP contribution in [-0.4, -0.2) is 21.5 Å². The fraction of sp³-hybridized carbons (Fsp3) is 0.294. The summed E-state index contributed by atoms with van der Waals surface area (Å²) in [5, 5.41) is 4.01. The van der Waals surface area contributed by atoms with Crippen molar-refractivity contribution < 1.29 is 4.79 Å². The van der Waals surface area contributed by atoms with E-state index in [0.717, 1.165) is 27.3 Å². The van der Waals surface area contributed by atoms with Crippen molar-refractivity contribution in [1.82, 2.24) is 14.9 Å². The van der Waals surface area contributed by atoms with Gasteiger partial charge in [0, 0.05) is 29.0 Å². The van der Waals surface area contributed by atoms with Gasteiger partial charge < -0.3 is 9.88 Å². The summed E-state index contributed by atoms with van der Waals surface area (Å²) in [6.07, 6.45) is 1.77. The van der Waals surface area contributed by atoms with Crippen LogP contribution in [0.25, 0.3) is 15.9 Å². The number of rotatable bonds is 3. The highest BCUT2D eigenvalue weighted by atomic mass is 32.1. The number of aromatic nitrogens is 2. The minimum absolute atomic E-state index is 0.0412. The Morgan fingerprint density at radius 3 is 2.55 bits per heavy atom. The molecular weight excluding hydrogens is 294 g/mol. The van der Waals surface area contributed by atoms with Crippen molar-refractivity contribution in [2.75, 3.05) is 0 Å². The highest BCUT2D eigenvalue weighted by molar-refractivity contribution is 7.21. The molecule has 3 rings (SSSR count). The normalized spacial score (nSPS) is 11.3. The average molecular weight is 313 g/mol. The average Bonchev–Trinajstić information content (AvgIpc) is 2.99. The van der Waals surface area contributed by atoms with Crippen LogP contribution >= 0.6 is 11.3 Å². The van der Waals surface area contributed by atoms with E-state index in [1.165, 1.54) is 11.3 Å². The van der Waals surface area contributed by atoms with Gasteiger partial charge in [-0.1, -0.05) is 0 Å². The topological polar surface area (TPSA) is 46.9 Å². The molecule has 0 atom stereocenters. The molecular formula is C17H19N3OS. The molecule has 0 aromatic carbocycles. The van der Waals surface area contributed by atoms with Crippen LogP contribution in [0.4, 0.5) is 0 Å². The van der Waals surface area contributed by atoms with Gasteiger partial charge in [-0.3, -0.25) is 4.79 Å². The van der Waals surface area contributed by atoms with Gasteiger partial charge >= 0.3 is 0 Å². The lowest BCUT2D eigenvalue weighted by molar-refractivity contribution is 0.0947. The molecule has 0 spiro atoms. The third kappa shape index (κ3) is 2.41. The second-order valence-electron chi connectivity index (χ2n) is 5.72. The van der Waals surface area contributed by atoms with Crippen LogP contribution in [0.1, 0.15) is 34.9 Å². The van der Waals surface area contributed by atoms with Crippen LogP contribution in [0.2, 0.25) is 0 Å². The molecule has 0 radical (unpaired) electrons. The summed E-state index contributed by atoms with van der Waals surface area (Å²) in [4.78, 5) is 18.6. The van der Waals surface area contributed by atoms with Crippen LogP contribution in [0, 0.1) is 13.8 Å². The van der Waals surface area contributed by atoms with Crippen molar-refractivity contribution >= 4 is 27.5 Å². The van der Waals surface area contributed by atoms with Gasteiger partial charge in [0.2, 0.25) is 0 Å². The minimum Gasteiger partial charge on any atom is -0.349 e. The molecule has 0 bridgehead atoms. The second kappa shape index (κ2) is 5.57. The number of carbonyl (C=O) groups is 1. The van der Waals surface area contributed by atoms with E-state index in [-0.39, 0.29) is 11.9 Å². The summed E-state index contributed by atoms with van der Waals surface area (Å²) in [7, 11) is 0. The quantitative estimate of drug-likeness (QED) is 0.798. The van der Waals surface area contributed by atoms with E-state index in [1.54, 1.807) is 6.20 Å². The fourth-order valence-electron chi connectivity index (χ4n) is 2.64. The second-order valence-corrected chi connectivity index (χ2v) is 6.71. The first kappa shape index (κ1) is 14.8. The molecule has 0 aliphatic rings. The molecule has 3 aromatic rings. The third-order valence-electron chi connectivity index (χ3n) is 3.56. The number of thiophene rings is 1. The molecule has 1 N–H and O–H groups in total. The van der Waals surface area contributed by atoms with Crippen molar-refractivity contribution in [3.8, 4) is 5.69 Å². The zero-order chi connectivity index (χ0) is 15.9. The van der Waals surface area contributed by atoms with Crippen LogP contribution < -0.4 is 5.32 Å². The first-order valence-corrected chi connectivity index (χ1v) is 8.14. The van der Waals surface area contributed by atoms with Gasteiger partial charge in [-0.05, 0) is 52.0 Å². The van der Waals surface area contributed by atoms with Crippen LogP contribution in [0.15, 0.2) is 30.5 Å². The highest BCUT2D eigenvalue weighted by Gasteiger charge is 2.22. The SMILES string of the molecule is Cc1ccc(C)n1-c1c(C(=O)NC(C)C)sc2ncccc12. The van der Waals surface area contributed by atoms with Crippen molar-refractivity contribution in [3.05, 3.63) is 46.7 Å². The van der Waals surface area contributed by atoms with Gasteiger partial charge in [0.25, 0.3) is 5.91 Å². The lowest BCUT2D eigenvalue weighted by Crippen LogP contribution is -2.30. The Morgan fingerprint density at radius 1 is 1.23 bits per heavy atom. The number of hydrogen-bond donors (Lipinski definition) is 1. The predicted molar refractivity (Wildman–Crippen MR) is 91.0 cm³/mol. The van der Waals surface area contributed by atoms with E-state index >= 15 is 0 Å². The Morgan fingerprint density at radius 2 is 1.91 bits per heavy atom. The maximum absolute atomic E-state index is 12.6. The summed E-state index contributed by atoms with van der Waals surface area (Å²) >= 11 is 1.45.